The lowest BCUT2D eigenvalue weighted by Gasteiger charge is -2.25. The first kappa shape index (κ1) is 25.0. The molecule has 39 heavy (non-hydrogen) atoms. The number of pyridine rings is 2. The first-order valence-electron chi connectivity index (χ1n) is 13.4. The van der Waals surface area contributed by atoms with Crippen molar-refractivity contribution in [1.29, 1.82) is 0 Å². The molecule has 196 valence electrons. The summed E-state index contributed by atoms with van der Waals surface area (Å²) >= 11 is 1.65. The van der Waals surface area contributed by atoms with Gasteiger partial charge in [0, 0.05) is 17.6 Å². The molecule has 0 aromatic carbocycles. The minimum atomic E-state index is 0.512. The maximum Gasteiger partial charge on any atom is 0.161 e. The van der Waals surface area contributed by atoms with Crippen LogP contribution < -0.4 is 5.32 Å². The first-order valence-corrected chi connectivity index (χ1v) is 14.2. The van der Waals surface area contributed by atoms with Crippen molar-refractivity contribution in [3.8, 4) is 22.1 Å². The molecule has 1 aliphatic rings. The number of hydrogen-bond donors (Lipinski definition) is 3. The molecule has 0 atom stereocenters. The second-order valence-corrected chi connectivity index (χ2v) is 10.8. The van der Waals surface area contributed by atoms with E-state index in [9.17, 15) is 0 Å². The highest BCUT2D eigenvalue weighted by atomic mass is 32.1. The second-order valence-electron chi connectivity index (χ2n) is 9.82. The van der Waals surface area contributed by atoms with Gasteiger partial charge in [-0.1, -0.05) is 44.6 Å². The van der Waals surface area contributed by atoms with Gasteiger partial charge in [-0.3, -0.25) is 10.1 Å². The van der Waals surface area contributed by atoms with Gasteiger partial charge in [-0.25, -0.2) is 9.97 Å². The van der Waals surface area contributed by atoms with Crippen molar-refractivity contribution in [2.24, 2.45) is 5.92 Å². The molecule has 8 heteroatoms. The molecule has 0 saturated heterocycles. The number of nitrogens with zero attached hydrogens (tertiary/aromatic N) is 4. The Kier molecular flexibility index (Phi) is 6.94. The lowest BCUT2D eigenvalue weighted by molar-refractivity contribution is 0.393. The highest BCUT2D eigenvalue weighted by Gasteiger charge is 2.19. The number of allylic oxidation sites excluding steroid dienone is 5. The third-order valence-corrected chi connectivity index (χ3v) is 8.20. The lowest BCUT2D eigenvalue weighted by atomic mass is 9.87. The van der Waals surface area contributed by atoms with Gasteiger partial charge < -0.3 is 10.3 Å². The predicted octanol–water partition coefficient (Wildman–Crippen LogP) is 7.78. The molecule has 5 heterocycles. The topological polar surface area (TPSA) is 95.2 Å². The van der Waals surface area contributed by atoms with Crippen molar-refractivity contribution >= 4 is 39.0 Å². The third-order valence-electron chi connectivity index (χ3n) is 7.33. The first-order chi connectivity index (χ1) is 19.1. The largest absolute Gasteiger partial charge is 0.359 e. The Balaban J connectivity index is 1.33. The number of thiophene rings is 1. The summed E-state index contributed by atoms with van der Waals surface area (Å²) in [5.41, 5.74) is 8.67. The highest BCUT2D eigenvalue weighted by molar-refractivity contribution is 7.13. The Labute approximate surface area is 231 Å². The standard InChI is InChI=1S/C31H31N7S/c1-4-20(18-22(5-2)33-19(3)21-10-7-6-8-11-21)23-13-14-25-28(34-23)30(38-37-25)31-35-24-15-16-32-29(27(24)36-31)26-12-9-17-39-26/h4-5,9,12-18,21,33H,2-3,6-8,10-11H2,1H3,(H,35,36)(H,37,38)/b20-4+,22-18+. The van der Waals surface area contributed by atoms with Gasteiger partial charge in [0.05, 0.1) is 21.6 Å². The fraction of sp³-hybridized carbons (Fsp3) is 0.226. The summed E-state index contributed by atoms with van der Waals surface area (Å²) in [5, 5.41) is 13.2. The van der Waals surface area contributed by atoms with Gasteiger partial charge in [0.2, 0.25) is 0 Å². The Morgan fingerprint density at radius 2 is 1.90 bits per heavy atom. The van der Waals surface area contributed by atoms with Crippen LogP contribution in [0.5, 0.6) is 0 Å². The minimum Gasteiger partial charge on any atom is -0.359 e. The molecule has 1 fully saturated rings. The molecule has 0 radical (unpaired) electrons. The average molecular weight is 534 g/mol. The van der Waals surface area contributed by atoms with Crippen LogP contribution in [0.2, 0.25) is 0 Å². The summed E-state index contributed by atoms with van der Waals surface area (Å²) in [4.78, 5) is 19.0. The van der Waals surface area contributed by atoms with E-state index < -0.39 is 0 Å². The fourth-order valence-corrected chi connectivity index (χ4v) is 5.95. The normalized spacial score (nSPS) is 15.2. The third kappa shape index (κ3) is 4.95. The molecule has 5 aromatic rings. The minimum absolute atomic E-state index is 0.512. The zero-order valence-corrected chi connectivity index (χ0v) is 22.8. The van der Waals surface area contributed by atoms with Crippen molar-refractivity contribution in [3.05, 3.63) is 90.4 Å². The van der Waals surface area contributed by atoms with E-state index in [-0.39, 0.29) is 0 Å². The van der Waals surface area contributed by atoms with Crippen LogP contribution in [0, 0.1) is 5.92 Å². The van der Waals surface area contributed by atoms with Crippen LogP contribution in [-0.4, -0.2) is 30.1 Å². The molecule has 0 aliphatic heterocycles. The molecule has 0 spiro atoms. The van der Waals surface area contributed by atoms with E-state index in [1.54, 1.807) is 17.5 Å². The molecule has 0 amide bonds. The van der Waals surface area contributed by atoms with Crippen LogP contribution in [0.3, 0.4) is 0 Å². The van der Waals surface area contributed by atoms with Crippen molar-refractivity contribution in [3.63, 3.8) is 0 Å². The van der Waals surface area contributed by atoms with Gasteiger partial charge in [0.1, 0.15) is 16.7 Å². The van der Waals surface area contributed by atoms with E-state index in [4.69, 9.17) is 9.97 Å². The summed E-state index contributed by atoms with van der Waals surface area (Å²) in [7, 11) is 0. The van der Waals surface area contributed by atoms with Crippen molar-refractivity contribution < 1.29 is 0 Å². The fourth-order valence-electron chi connectivity index (χ4n) is 5.22. The van der Waals surface area contributed by atoms with E-state index in [2.05, 4.69) is 56.9 Å². The zero-order valence-electron chi connectivity index (χ0n) is 22.0. The molecule has 7 nitrogen and oxygen atoms in total. The number of nitrogens with one attached hydrogen (secondary N) is 3. The molecule has 5 aromatic heterocycles. The van der Waals surface area contributed by atoms with Gasteiger partial charge in [-0.2, -0.15) is 5.10 Å². The summed E-state index contributed by atoms with van der Waals surface area (Å²) in [6.07, 6.45) is 14.0. The Morgan fingerprint density at radius 3 is 2.67 bits per heavy atom. The molecule has 1 saturated carbocycles. The number of aromatic amines is 2. The highest BCUT2D eigenvalue weighted by Crippen LogP contribution is 2.32. The SMILES string of the molecule is C=C/C(=C\C(=C/C)c1ccc2[nH]nc(-c3nc4c(-c5cccs5)nccc4[nH]3)c2n1)NC(=C)C1CCCCC1. The Bertz CT molecular complexity index is 1710. The second kappa shape index (κ2) is 10.8. The number of hydrogen-bond acceptors (Lipinski definition) is 6. The van der Waals surface area contributed by atoms with Crippen LogP contribution in [0.15, 0.2) is 84.7 Å². The molecular formula is C31H31N7S. The van der Waals surface area contributed by atoms with Gasteiger partial charge in [-0.05, 0) is 73.1 Å². The molecular weight excluding hydrogens is 502 g/mol. The average Bonchev–Trinajstić information content (AvgIpc) is 3.74. The van der Waals surface area contributed by atoms with Crippen LogP contribution in [0.25, 0.3) is 49.7 Å². The van der Waals surface area contributed by atoms with Crippen LogP contribution in [-0.2, 0) is 0 Å². The van der Waals surface area contributed by atoms with Crippen molar-refractivity contribution in [1.82, 2.24) is 35.5 Å². The predicted molar refractivity (Wildman–Crippen MR) is 161 cm³/mol. The summed E-state index contributed by atoms with van der Waals surface area (Å²) in [6, 6.07) is 10.0. The maximum atomic E-state index is 5.02. The van der Waals surface area contributed by atoms with E-state index >= 15 is 0 Å². The molecule has 1 aliphatic carbocycles. The maximum absolute atomic E-state index is 5.02. The van der Waals surface area contributed by atoms with E-state index in [1.165, 1.54) is 32.1 Å². The molecule has 0 unspecified atom stereocenters. The number of aromatic nitrogens is 6. The lowest BCUT2D eigenvalue weighted by Crippen LogP contribution is -2.20. The van der Waals surface area contributed by atoms with Crippen molar-refractivity contribution in [2.45, 2.75) is 39.0 Å². The number of rotatable bonds is 8. The van der Waals surface area contributed by atoms with Crippen LogP contribution >= 0.6 is 11.3 Å². The van der Waals surface area contributed by atoms with Gasteiger partial charge in [-0.15, -0.1) is 11.3 Å². The van der Waals surface area contributed by atoms with E-state index in [0.29, 0.717) is 17.4 Å². The molecule has 3 N–H and O–H groups in total. The Hall–Kier alpha value is -4.30. The Morgan fingerprint density at radius 1 is 1.05 bits per heavy atom. The van der Waals surface area contributed by atoms with Crippen molar-refractivity contribution in [2.75, 3.05) is 0 Å². The zero-order chi connectivity index (χ0) is 26.8. The van der Waals surface area contributed by atoms with E-state index in [1.807, 2.05) is 42.6 Å². The molecule has 6 rings (SSSR count). The van der Waals surface area contributed by atoms with E-state index in [0.717, 1.165) is 55.3 Å². The van der Waals surface area contributed by atoms with Gasteiger partial charge in [0.15, 0.2) is 11.5 Å². The van der Waals surface area contributed by atoms with Crippen LogP contribution in [0.4, 0.5) is 0 Å². The summed E-state index contributed by atoms with van der Waals surface area (Å²) in [5.74, 6) is 1.17. The van der Waals surface area contributed by atoms with Gasteiger partial charge >= 0.3 is 0 Å². The number of fused-ring (bicyclic) bond motifs is 2. The smallest absolute Gasteiger partial charge is 0.161 e. The monoisotopic (exact) mass is 533 g/mol. The summed E-state index contributed by atoms with van der Waals surface area (Å²) < 4.78 is 0. The number of H-pyrrole nitrogens is 2. The van der Waals surface area contributed by atoms with Crippen LogP contribution in [0.1, 0.15) is 44.7 Å². The summed E-state index contributed by atoms with van der Waals surface area (Å²) in [6.45, 7) is 10.4. The number of imidazole rings is 1. The van der Waals surface area contributed by atoms with Gasteiger partial charge in [0.25, 0.3) is 0 Å². The molecule has 0 bridgehead atoms. The quantitative estimate of drug-likeness (QED) is 0.177.